The Bertz CT molecular complexity index is 236. The summed E-state index contributed by atoms with van der Waals surface area (Å²) in [6, 6.07) is 0. The van der Waals surface area contributed by atoms with Crippen molar-refractivity contribution in [2.24, 2.45) is 5.73 Å². The lowest BCUT2D eigenvalue weighted by Gasteiger charge is -2.00. The molecular weight excluding hydrogens is 177 g/mol. The first-order valence-electron chi connectivity index (χ1n) is 3.51. The zero-order valence-corrected chi connectivity index (χ0v) is 8.47. The first kappa shape index (κ1) is 8.98. The monoisotopic (exact) mass is 189 g/mol. The lowest BCUT2D eigenvalue weighted by Crippen LogP contribution is -2.10. The Kier molecular flexibility index (Phi) is 3.31. The first-order valence-corrected chi connectivity index (χ1v) is 5.22. The molecule has 0 saturated carbocycles. The van der Waals surface area contributed by atoms with E-state index in [0.29, 0.717) is 13.2 Å². The SMILES string of the molecule is Cc1pc(OCCN)c(C)s1. The zero-order chi connectivity index (χ0) is 8.27. The van der Waals surface area contributed by atoms with Crippen molar-refractivity contribution in [1.29, 1.82) is 0 Å². The fraction of sp³-hybridized carbons (Fsp3) is 0.571. The van der Waals surface area contributed by atoms with Crippen molar-refractivity contribution in [3.63, 3.8) is 0 Å². The van der Waals surface area contributed by atoms with Gasteiger partial charge in [-0.2, -0.15) is 0 Å². The number of hydrogen-bond acceptors (Lipinski definition) is 3. The van der Waals surface area contributed by atoms with Gasteiger partial charge in [-0.05, 0) is 22.0 Å². The normalized spacial score (nSPS) is 10.8. The molecule has 0 saturated heterocycles. The molecule has 0 aliphatic rings. The van der Waals surface area contributed by atoms with E-state index in [0.717, 1.165) is 5.48 Å². The second-order valence-corrected chi connectivity index (χ2v) is 5.26. The highest BCUT2D eigenvalue weighted by atomic mass is 32.1. The van der Waals surface area contributed by atoms with E-state index < -0.39 is 0 Å². The van der Waals surface area contributed by atoms with Gasteiger partial charge in [0, 0.05) is 16.0 Å². The van der Waals surface area contributed by atoms with Gasteiger partial charge in [0.15, 0.2) is 5.48 Å². The average Bonchev–Trinajstić information content (AvgIpc) is 2.26. The van der Waals surface area contributed by atoms with Crippen LogP contribution in [0.25, 0.3) is 0 Å². The van der Waals surface area contributed by atoms with Crippen molar-refractivity contribution >= 4 is 19.5 Å². The van der Waals surface area contributed by atoms with E-state index in [-0.39, 0.29) is 0 Å². The maximum Gasteiger partial charge on any atom is 0.159 e. The molecule has 0 unspecified atom stereocenters. The lowest BCUT2D eigenvalue weighted by molar-refractivity contribution is 0.337. The van der Waals surface area contributed by atoms with Crippen LogP contribution in [0.5, 0.6) is 5.48 Å². The number of rotatable bonds is 3. The summed E-state index contributed by atoms with van der Waals surface area (Å²) in [4.78, 5) is 1.28. The molecule has 11 heavy (non-hydrogen) atoms. The molecule has 1 aromatic heterocycles. The molecule has 0 aliphatic heterocycles. The Morgan fingerprint density at radius 3 is 2.73 bits per heavy atom. The van der Waals surface area contributed by atoms with Crippen molar-refractivity contribution in [1.82, 2.24) is 0 Å². The molecule has 0 amide bonds. The Balaban J connectivity index is 2.62. The molecule has 0 aliphatic carbocycles. The Morgan fingerprint density at radius 1 is 1.55 bits per heavy atom. The molecule has 2 nitrogen and oxygen atoms in total. The van der Waals surface area contributed by atoms with Gasteiger partial charge >= 0.3 is 0 Å². The van der Waals surface area contributed by atoms with Gasteiger partial charge in [-0.25, -0.2) is 0 Å². The predicted molar refractivity (Wildman–Crippen MR) is 50.9 cm³/mol. The number of nitrogens with two attached hydrogens (primary N) is 1. The lowest BCUT2D eigenvalue weighted by atomic mass is 10.6. The van der Waals surface area contributed by atoms with Gasteiger partial charge in [0.1, 0.15) is 6.61 Å². The topological polar surface area (TPSA) is 35.2 Å². The Morgan fingerprint density at radius 2 is 2.27 bits per heavy atom. The van der Waals surface area contributed by atoms with Gasteiger partial charge in [-0.15, -0.1) is 11.3 Å². The first-order chi connectivity index (χ1) is 5.24. The third-order valence-corrected chi connectivity index (χ3v) is 3.69. The third-order valence-electron chi connectivity index (χ3n) is 1.22. The summed E-state index contributed by atoms with van der Waals surface area (Å²) in [6.07, 6.45) is 0. The molecule has 1 rings (SSSR count). The highest BCUT2D eigenvalue weighted by Crippen LogP contribution is 2.38. The predicted octanol–water partition coefficient (Wildman–Crippen LogP) is 2.28. The van der Waals surface area contributed by atoms with Crippen LogP contribution in [0.2, 0.25) is 0 Å². The van der Waals surface area contributed by atoms with E-state index in [4.69, 9.17) is 10.5 Å². The molecule has 0 aromatic carbocycles. The van der Waals surface area contributed by atoms with Crippen LogP contribution in [0.15, 0.2) is 0 Å². The van der Waals surface area contributed by atoms with Crippen molar-refractivity contribution in [2.75, 3.05) is 13.2 Å². The van der Waals surface area contributed by atoms with E-state index in [9.17, 15) is 0 Å². The molecule has 0 fully saturated rings. The van der Waals surface area contributed by atoms with Crippen molar-refractivity contribution in [3.8, 4) is 5.48 Å². The number of ether oxygens (including phenoxy) is 1. The van der Waals surface area contributed by atoms with Crippen molar-refractivity contribution < 1.29 is 4.74 Å². The van der Waals surface area contributed by atoms with Crippen LogP contribution in [-0.4, -0.2) is 13.2 Å². The summed E-state index contributed by atoms with van der Waals surface area (Å²) in [7, 11) is 1.22. The summed E-state index contributed by atoms with van der Waals surface area (Å²) in [6.45, 7) is 5.43. The fourth-order valence-corrected chi connectivity index (χ4v) is 3.10. The van der Waals surface area contributed by atoms with Gasteiger partial charge in [0.25, 0.3) is 0 Å². The van der Waals surface area contributed by atoms with E-state index in [2.05, 4.69) is 13.8 Å². The second-order valence-electron chi connectivity index (χ2n) is 2.23. The smallest absolute Gasteiger partial charge is 0.159 e. The van der Waals surface area contributed by atoms with E-state index >= 15 is 0 Å². The van der Waals surface area contributed by atoms with Gasteiger partial charge in [-0.3, -0.25) is 0 Å². The van der Waals surface area contributed by atoms with Crippen LogP contribution in [-0.2, 0) is 0 Å². The van der Waals surface area contributed by atoms with Crippen LogP contribution >= 0.6 is 19.5 Å². The van der Waals surface area contributed by atoms with Gasteiger partial charge in [-0.1, -0.05) is 0 Å². The maximum atomic E-state index is 5.44. The van der Waals surface area contributed by atoms with E-state index in [1.807, 2.05) is 0 Å². The molecule has 0 bridgehead atoms. The van der Waals surface area contributed by atoms with Crippen molar-refractivity contribution in [3.05, 3.63) is 9.49 Å². The summed E-state index contributed by atoms with van der Waals surface area (Å²) >= 11 is 1.80. The Hall–Kier alpha value is -0.110. The van der Waals surface area contributed by atoms with Gasteiger partial charge < -0.3 is 10.5 Å². The van der Waals surface area contributed by atoms with E-state index in [1.165, 1.54) is 17.7 Å². The van der Waals surface area contributed by atoms with E-state index in [1.54, 1.807) is 11.3 Å². The summed E-state index contributed by atoms with van der Waals surface area (Å²) in [5.74, 6) is 0. The molecular formula is C7H12NOPS. The maximum absolute atomic E-state index is 5.44. The van der Waals surface area contributed by atoms with Crippen LogP contribution in [0, 0.1) is 13.8 Å². The minimum Gasteiger partial charge on any atom is -0.487 e. The summed E-state index contributed by atoms with van der Waals surface area (Å²) in [5, 5.41) is 0. The van der Waals surface area contributed by atoms with Gasteiger partial charge in [0.05, 0.1) is 0 Å². The Labute approximate surface area is 72.5 Å². The highest BCUT2D eigenvalue weighted by molar-refractivity contribution is 7.44. The molecule has 4 heteroatoms. The van der Waals surface area contributed by atoms with Gasteiger partial charge in [0.2, 0.25) is 0 Å². The molecule has 2 N–H and O–H groups in total. The minimum absolute atomic E-state index is 0.593. The summed E-state index contributed by atoms with van der Waals surface area (Å²) in [5.41, 5.74) is 6.40. The molecule has 1 aromatic rings. The molecule has 0 radical (unpaired) electrons. The summed E-state index contributed by atoms with van der Waals surface area (Å²) < 4.78 is 6.82. The highest BCUT2D eigenvalue weighted by Gasteiger charge is 2.02. The zero-order valence-electron chi connectivity index (χ0n) is 6.76. The second kappa shape index (κ2) is 4.05. The molecule has 62 valence electrons. The number of aryl methyl sites for hydroxylation is 2. The van der Waals surface area contributed by atoms with Crippen LogP contribution in [0.4, 0.5) is 0 Å². The van der Waals surface area contributed by atoms with Crippen molar-refractivity contribution in [2.45, 2.75) is 13.8 Å². The molecule has 1 heterocycles. The molecule has 0 spiro atoms. The third kappa shape index (κ3) is 2.44. The average molecular weight is 189 g/mol. The van der Waals surface area contributed by atoms with Crippen LogP contribution < -0.4 is 10.5 Å². The number of hydrogen-bond donors (Lipinski definition) is 1. The largest absolute Gasteiger partial charge is 0.487 e. The fourth-order valence-electron chi connectivity index (χ4n) is 0.799. The van der Waals surface area contributed by atoms with Crippen LogP contribution in [0.1, 0.15) is 9.49 Å². The molecule has 0 atom stereocenters. The quantitative estimate of drug-likeness (QED) is 0.791. The van der Waals surface area contributed by atoms with Crippen LogP contribution in [0.3, 0.4) is 0 Å². The minimum atomic E-state index is 0.593. The standard InChI is InChI=1S/C7H12NOPS/c1-5-7(9-4-3-8)10-6(2)11-5/h3-4,8H2,1-2H3.